The molecule has 3 heterocycles. The second kappa shape index (κ2) is 6.65. The van der Waals surface area contributed by atoms with E-state index in [4.69, 9.17) is 15.0 Å². The molecule has 0 amide bonds. The number of aryl methyl sites for hydroxylation is 3. The summed E-state index contributed by atoms with van der Waals surface area (Å²) in [4.78, 5) is 14.6. The highest BCUT2D eigenvalue weighted by molar-refractivity contribution is 7.84. The van der Waals surface area contributed by atoms with Crippen LogP contribution in [0, 0.1) is 0 Å². The molecule has 0 bridgehead atoms. The maximum absolute atomic E-state index is 15.3. The Morgan fingerprint density at radius 2 is 0.812 bits per heavy atom. The molecule has 7 nitrogen and oxygen atoms in total. The predicted molar refractivity (Wildman–Crippen MR) is 129 cm³/mol. The Morgan fingerprint density at radius 1 is 0.531 bits per heavy atom. The molecule has 0 unspecified atom stereocenters. The van der Waals surface area contributed by atoms with Crippen LogP contribution in [0.4, 0.5) is 0 Å². The summed E-state index contributed by atoms with van der Waals surface area (Å²) >= 11 is 0. The summed E-state index contributed by atoms with van der Waals surface area (Å²) in [6, 6.07) is 23.5. The van der Waals surface area contributed by atoms with Gasteiger partial charge < -0.3 is 13.7 Å². The second-order valence-electron chi connectivity index (χ2n) is 7.99. The van der Waals surface area contributed by atoms with E-state index >= 15 is 4.57 Å². The van der Waals surface area contributed by atoms with Gasteiger partial charge in [0, 0.05) is 21.1 Å². The molecule has 8 heteroatoms. The van der Waals surface area contributed by atoms with Gasteiger partial charge in [-0.25, -0.2) is 15.0 Å². The van der Waals surface area contributed by atoms with Crippen molar-refractivity contribution in [2.75, 3.05) is 0 Å². The first-order valence-electron chi connectivity index (χ1n) is 10.4. The lowest BCUT2D eigenvalue weighted by Crippen LogP contribution is -2.38. The fraction of sp³-hybridized carbons (Fsp3) is 0.125. The Morgan fingerprint density at radius 3 is 1.09 bits per heavy atom. The molecule has 0 atom stereocenters. The van der Waals surface area contributed by atoms with Gasteiger partial charge in [-0.2, -0.15) is 0 Å². The number of benzene rings is 3. The number of para-hydroxylation sites is 6. The SMILES string of the molecule is Cn1c(P(=O)(c2nc3ccccc3n2C)c2nc3ccccc3n2C)nc2ccccc21. The van der Waals surface area contributed by atoms with Crippen LogP contribution in [0.2, 0.25) is 0 Å². The average Bonchev–Trinajstić information content (AvgIpc) is 3.46. The number of hydrogen-bond acceptors (Lipinski definition) is 4. The fourth-order valence-corrected chi connectivity index (χ4v) is 7.38. The molecule has 0 saturated heterocycles. The fourth-order valence-electron chi connectivity index (χ4n) is 4.51. The van der Waals surface area contributed by atoms with E-state index in [1.165, 1.54) is 0 Å². The lowest BCUT2D eigenvalue weighted by atomic mass is 10.3. The zero-order chi connectivity index (χ0) is 22.0. The molecule has 0 fully saturated rings. The Kier molecular flexibility index (Phi) is 3.95. The number of nitrogens with zero attached hydrogens (tertiary/aromatic N) is 6. The van der Waals surface area contributed by atoms with Crippen LogP contribution in [0.25, 0.3) is 33.1 Å². The van der Waals surface area contributed by atoms with Crippen molar-refractivity contribution in [2.45, 2.75) is 0 Å². The van der Waals surface area contributed by atoms with E-state index < -0.39 is 7.14 Å². The van der Waals surface area contributed by atoms with Gasteiger partial charge in [0.15, 0.2) is 16.7 Å². The third-order valence-corrected chi connectivity index (χ3v) is 9.03. The third kappa shape index (κ3) is 2.43. The number of fused-ring (bicyclic) bond motifs is 3. The van der Waals surface area contributed by atoms with Crippen LogP contribution in [0.5, 0.6) is 0 Å². The lowest BCUT2D eigenvalue weighted by Gasteiger charge is -2.17. The minimum atomic E-state index is -3.55. The molecular formula is C24H21N6OP. The van der Waals surface area contributed by atoms with E-state index in [0.717, 1.165) is 33.1 Å². The van der Waals surface area contributed by atoms with Gasteiger partial charge >= 0.3 is 0 Å². The van der Waals surface area contributed by atoms with Gasteiger partial charge in [0.1, 0.15) is 0 Å². The molecule has 3 aromatic heterocycles. The second-order valence-corrected chi connectivity index (χ2v) is 10.4. The van der Waals surface area contributed by atoms with E-state index in [0.29, 0.717) is 16.7 Å². The monoisotopic (exact) mass is 440 g/mol. The first-order valence-corrected chi connectivity index (χ1v) is 12.1. The van der Waals surface area contributed by atoms with Gasteiger partial charge in [0.05, 0.1) is 33.1 Å². The standard InChI is InChI=1S/C24H21N6OP/c1-28-19-13-7-4-10-16(19)25-22(28)32(31,23-26-17-11-5-8-14-20(17)29(23)2)24-27-18-12-6-9-15-21(18)30(24)3/h4-15H,1-3H3. The quantitative estimate of drug-likeness (QED) is 0.397. The van der Waals surface area contributed by atoms with Crippen LogP contribution >= 0.6 is 7.14 Å². The molecule has 0 aliphatic carbocycles. The molecule has 6 aromatic rings. The van der Waals surface area contributed by atoms with E-state index in [2.05, 4.69) is 0 Å². The summed E-state index contributed by atoms with van der Waals surface area (Å²) in [5, 5.41) is 0. The summed E-state index contributed by atoms with van der Waals surface area (Å²) in [5.41, 5.74) is 6.54. The zero-order valence-electron chi connectivity index (χ0n) is 18.0. The Hall–Kier alpha value is -3.70. The molecule has 0 radical (unpaired) electrons. The summed E-state index contributed by atoms with van der Waals surface area (Å²) in [7, 11) is 2.17. The number of rotatable bonds is 3. The summed E-state index contributed by atoms with van der Waals surface area (Å²) in [5.74, 6) is 0. The molecule has 3 aromatic carbocycles. The Bertz CT molecular complexity index is 1510. The van der Waals surface area contributed by atoms with E-state index in [1.54, 1.807) is 0 Å². The summed E-state index contributed by atoms with van der Waals surface area (Å²) < 4.78 is 21.1. The van der Waals surface area contributed by atoms with Gasteiger partial charge in [-0.1, -0.05) is 36.4 Å². The highest BCUT2D eigenvalue weighted by atomic mass is 31.2. The number of imidazole rings is 3. The van der Waals surface area contributed by atoms with Gasteiger partial charge in [-0.05, 0) is 36.4 Å². The van der Waals surface area contributed by atoms with Crippen molar-refractivity contribution >= 4 is 56.9 Å². The van der Waals surface area contributed by atoms with Crippen LogP contribution in [-0.2, 0) is 25.7 Å². The van der Waals surface area contributed by atoms with Crippen molar-refractivity contribution in [3.05, 3.63) is 72.8 Å². The smallest absolute Gasteiger partial charge is 0.272 e. The number of aromatic nitrogens is 6. The third-order valence-electron chi connectivity index (χ3n) is 6.14. The molecular weight excluding hydrogens is 419 g/mol. The molecule has 0 aliphatic heterocycles. The van der Waals surface area contributed by atoms with E-state index in [1.807, 2.05) is 108 Å². The van der Waals surface area contributed by atoms with Gasteiger partial charge in [-0.3, -0.25) is 4.57 Å². The molecule has 32 heavy (non-hydrogen) atoms. The predicted octanol–water partition coefficient (Wildman–Crippen LogP) is 2.99. The highest BCUT2D eigenvalue weighted by Gasteiger charge is 2.43. The van der Waals surface area contributed by atoms with Crippen molar-refractivity contribution < 1.29 is 4.57 Å². The minimum absolute atomic E-state index is 0.468. The maximum Gasteiger partial charge on any atom is 0.272 e. The molecule has 0 spiro atoms. The topological polar surface area (TPSA) is 70.5 Å². The minimum Gasteiger partial charge on any atom is -0.324 e. The Labute approximate surface area is 184 Å². The van der Waals surface area contributed by atoms with Crippen LogP contribution in [-0.4, -0.2) is 28.7 Å². The van der Waals surface area contributed by atoms with Gasteiger partial charge in [-0.15, -0.1) is 0 Å². The van der Waals surface area contributed by atoms with E-state index in [9.17, 15) is 0 Å². The highest BCUT2D eigenvalue weighted by Crippen LogP contribution is 2.42. The maximum atomic E-state index is 15.3. The van der Waals surface area contributed by atoms with Crippen molar-refractivity contribution in [2.24, 2.45) is 21.1 Å². The van der Waals surface area contributed by atoms with Crippen LogP contribution < -0.4 is 16.7 Å². The number of hydrogen-bond donors (Lipinski definition) is 0. The normalized spacial score (nSPS) is 12.3. The zero-order valence-corrected chi connectivity index (χ0v) is 18.9. The van der Waals surface area contributed by atoms with Gasteiger partial charge in [0.2, 0.25) is 0 Å². The first-order chi connectivity index (χ1) is 15.5. The summed E-state index contributed by atoms with van der Waals surface area (Å²) in [6.45, 7) is 0. The van der Waals surface area contributed by atoms with Crippen LogP contribution in [0.1, 0.15) is 0 Å². The molecule has 158 valence electrons. The van der Waals surface area contributed by atoms with Gasteiger partial charge in [0.25, 0.3) is 7.14 Å². The average molecular weight is 440 g/mol. The summed E-state index contributed by atoms with van der Waals surface area (Å²) in [6.07, 6.45) is 0. The first kappa shape index (κ1) is 19.0. The largest absolute Gasteiger partial charge is 0.324 e. The molecule has 0 aliphatic rings. The van der Waals surface area contributed by atoms with Crippen LogP contribution in [0.15, 0.2) is 72.8 Å². The van der Waals surface area contributed by atoms with Crippen molar-refractivity contribution in [1.82, 2.24) is 28.7 Å². The molecule has 0 N–H and O–H groups in total. The van der Waals surface area contributed by atoms with Crippen molar-refractivity contribution in [3.8, 4) is 0 Å². The molecule has 6 rings (SSSR count). The molecule has 0 saturated carbocycles. The van der Waals surface area contributed by atoms with Crippen molar-refractivity contribution in [3.63, 3.8) is 0 Å². The van der Waals surface area contributed by atoms with E-state index in [-0.39, 0.29) is 0 Å². The lowest BCUT2D eigenvalue weighted by molar-refractivity contribution is 0.587. The Balaban J connectivity index is 1.77. The van der Waals surface area contributed by atoms with Crippen molar-refractivity contribution in [1.29, 1.82) is 0 Å². The van der Waals surface area contributed by atoms with Crippen LogP contribution in [0.3, 0.4) is 0 Å².